The summed E-state index contributed by atoms with van der Waals surface area (Å²) in [6.07, 6.45) is 4.54. The average molecular weight is 469 g/mol. The Morgan fingerprint density at radius 1 is 1.35 bits per heavy atom. The first-order valence-corrected chi connectivity index (χ1v) is 10.9. The van der Waals surface area contributed by atoms with E-state index in [1.54, 1.807) is 13.0 Å². The first kappa shape index (κ1) is 24.1. The monoisotopic (exact) mass is 468 g/mol. The van der Waals surface area contributed by atoms with Gasteiger partial charge in [0.15, 0.2) is 11.8 Å². The Hall–Kier alpha value is -3.00. The molecule has 4 rings (SSSR count). The highest BCUT2D eigenvalue weighted by Crippen LogP contribution is 2.52. The number of methoxy groups -OCH3 is 1. The van der Waals surface area contributed by atoms with Gasteiger partial charge in [0.1, 0.15) is 25.0 Å². The number of ether oxygens (including phenoxy) is 4. The second kappa shape index (κ2) is 9.70. The van der Waals surface area contributed by atoms with E-state index in [0.29, 0.717) is 12.0 Å². The van der Waals surface area contributed by atoms with Gasteiger partial charge in [0, 0.05) is 18.9 Å². The minimum atomic E-state index is -1.40. The lowest BCUT2D eigenvalue weighted by Gasteiger charge is -2.39. The number of aromatic nitrogens is 2. The van der Waals surface area contributed by atoms with Gasteiger partial charge in [-0.1, -0.05) is 42.3 Å². The van der Waals surface area contributed by atoms with E-state index in [2.05, 4.69) is 12.5 Å². The molecule has 2 saturated heterocycles. The molecule has 1 aromatic carbocycles. The molecule has 1 aromatic heterocycles. The second-order valence-corrected chi connectivity index (χ2v) is 8.40. The number of aryl methyl sites for hydroxylation is 1. The zero-order valence-electron chi connectivity index (χ0n) is 19.1. The first-order chi connectivity index (χ1) is 16.4. The summed E-state index contributed by atoms with van der Waals surface area (Å²) < 4.78 is 26.0. The van der Waals surface area contributed by atoms with E-state index in [1.807, 2.05) is 30.3 Å². The maximum absolute atomic E-state index is 13.3. The van der Waals surface area contributed by atoms with Gasteiger partial charge in [-0.25, -0.2) is 9.36 Å². The van der Waals surface area contributed by atoms with Gasteiger partial charge >= 0.3 is 5.69 Å². The lowest BCUT2D eigenvalue weighted by Crippen LogP contribution is -2.56. The Balaban J connectivity index is 1.67. The summed E-state index contributed by atoms with van der Waals surface area (Å²) in [5, 5.41) is 10.7. The standard InChI is InChI=1S/C25H28N2O7/c1-5-10-19-25(18(28)6-2)21(31-4)20(33-19)23(34-25)26-13-16(3)22(29)27(24(26)30)15-32-14-17-11-8-7-9-12-17/h2,5,7-9,11-13,18-21,23,28H,1,10,14-15H2,3-4H3/t18?,19-,20-,21+,23-,25?/m1/s1. The van der Waals surface area contributed by atoms with Gasteiger partial charge in [0.25, 0.3) is 5.56 Å². The van der Waals surface area contributed by atoms with E-state index in [9.17, 15) is 14.7 Å². The first-order valence-electron chi connectivity index (χ1n) is 10.9. The van der Waals surface area contributed by atoms with E-state index in [1.165, 1.54) is 17.9 Å². The summed E-state index contributed by atoms with van der Waals surface area (Å²) >= 11 is 0. The Bertz CT molecular complexity index is 1200. The third-order valence-corrected chi connectivity index (χ3v) is 6.37. The molecule has 2 aliphatic heterocycles. The molecule has 2 bridgehead atoms. The molecular formula is C25H28N2O7. The summed E-state index contributed by atoms with van der Waals surface area (Å²) in [5.74, 6) is 2.31. The SMILES string of the molecule is C#CC(O)C12O[C@@H](n3cc(C)c(=O)n(COCc4ccccc4)c3=O)[C@H](O[C@@H]1CC=C)[C@@H]2OC. The molecule has 2 aromatic rings. The highest BCUT2D eigenvalue weighted by Gasteiger charge is 2.70. The molecule has 1 N–H and O–H groups in total. The van der Waals surface area contributed by atoms with Crippen LogP contribution in [0.15, 0.2) is 58.8 Å². The maximum Gasteiger partial charge on any atom is 0.335 e. The Morgan fingerprint density at radius 3 is 2.74 bits per heavy atom. The minimum Gasteiger partial charge on any atom is -0.377 e. The van der Waals surface area contributed by atoms with Crippen LogP contribution in [-0.4, -0.2) is 51.4 Å². The highest BCUT2D eigenvalue weighted by atomic mass is 16.7. The fraction of sp³-hybridized carbons (Fsp3) is 0.440. The number of aliphatic hydroxyl groups is 1. The Labute approximate surface area is 197 Å². The minimum absolute atomic E-state index is 0.235. The number of benzene rings is 1. The molecule has 0 saturated carbocycles. The smallest absolute Gasteiger partial charge is 0.335 e. The van der Waals surface area contributed by atoms with Crippen molar-refractivity contribution in [3.63, 3.8) is 0 Å². The molecule has 0 aliphatic carbocycles. The molecule has 2 fully saturated rings. The van der Waals surface area contributed by atoms with Crippen molar-refractivity contribution >= 4 is 0 Å². The van der Waals surface area contributed by atoms with Crippen LogP contribution in [0, 0.1) is 19.3 Å². The predicted molar refractivity (Wildman–Crippen MR) is 123 cm³/mol. The molecule has 180 valence electrons. The molecule has 2 unspecified atom stereocenters. The van der Waals surface area contributed by atoms with Crippen LogP contribution in [0.25, 0.3) is 0 Å². The van der Waals surface area contributed by atoms with E-state index in [0.717, 1.165) is 10.1 Å². The van der Waals surface area contributed by atoms with E-state index >= 15 is 0 Å². The van der Waals surface area contributed by atoms with Crippen molar-refractivity contribution in [1.29, 1.82) is 0 Å². The molecule has 34 heavy (non-hydrogen) atoms. The van der Waals surface area contributed by atoms with Crippen LogP contribution in [-0.2, 0) is 32.3 Å². The Kier molecular flexibility index (Phi) is 6.89. The summed E-state index contributed by atoms with van der Waals surface area (Å²) in [6.45, 7) is 5.33. The summed E-state index contributed by atoms with van der Waals surface area (Å²) in [5.41, 5.74) is -1.27. The molecule has 2 aliphatic rings. The molecule has 0 amide bonds. The quantitative estimate of drug-likeness (QED) is 0.435. The zero-order chi connectivity index (χ0) is 24.5. The van der Waals surface area contributed by atoms with E-state index < -0.39 is 47.5 Å². The highest BCUT2D eigenvalue weighted by molar-refractivity contribution is 5.23. The fourth-order valence-electron chi connectivity index (χ4n) is 4.78. The lowest BCUT2D eigenvalue weighted by atomic mass is 9.85. The summed E-state index contributed by atoms with van der Waals surface area (Å²) in [4.78, 5) is 26.1. The maximum atomic E-state index is 13.3. The van der Waals surface area contributed by atoms with Crippen LogP contribution in [0.5, 0.6) is 0 Å². The predicted octanol–water partition coefficient (Wildman–Crippen LogP) is 1.11. The zero-order valence-corrected chi connectivity index (χ0v) is 19.1. The van der Waals surface area contributed by atoms with Crippen LogP contribution in [0.4, 0.5) is 0 Å². The topological polar surface area (TPSA) is 101 Å². The van der Waals surface area contributed by atoms with Crippen LogP contribution in [0.3, 0.4) is 0 Å². The van der Waals surface area contributed by atoms with Crippen LogP contribution >= 0.6 is 0 Å². The third-order valence-electron chi connectivity index (χ3n) is 6.37. The molecule has 0 spiro atoms. The van der Waals surface area contributed by atoms with Gasteiger partial charge in [0.05, 0.1) is 12.7 Å². The molecule has 0 radical (unpaired) electrons. The molecular weight excluding hydrogens is 440 g/mol. The van der Waals surface area contributed by atoms with Gasteiger partial charge < -0.3 is 24.1 Å². The van der Waals surface area contributed by atoms with Crippen molar-refractivity contribution in [2.75, 3.05) is 7.11 Å². The molecule has 3 heterocycles. The number of rotatable bonds is 9. The Morgan fingerprint density at radius 2 is 2.09 bits per heavy atom. The van der Waals surface area contributed by atoms with Gasteiger partial charge in [0.2, 0.25) is 0 Å². The van der Waals surface area contributed by atoms with Crippen molar-refractivity contribution in [2.24, 2.45) is 0 Å². The van der Waals surface area contributed by atoms with Crippen molar-refractivity contribution in [3.05, 3.63) is 81.1 Å². The number of fused-ring (bicyclic) bond motifs is 2. The van der Waals surface area contributed by atoms with Gasteiger partial charge in [-0.05, 0) is 18.9 Å². The van der Waals surface area contributed by atoms with Gasteiger partial charge in [-0.15, -0.1) is 13.0 Å². The van der Waals surface area contributed by atoms with Crippen LogP contribution < -0.4 is 11.2 Å². The third kappa shape index (κ3) is 3.83. The van der Waals surface area contributed by atoms with Crippen molar-refractivity contribution in [3.8, 4) is 12.3 Å². The lowest BCUT2D eigenvalue weighted by molar-refractivity contribution is -0.234. The van der Waals surface area contributed by atoms with E-state index in [4.69, 9.17) is 25.4 Å². The second-order valence-electron chi connectivity index (χ2n) is 8.40. The normalized spacial score (nSPS) is 28.5. The van der Waals surface area contributed by atoms with Crippen molar-refractivity contribution in [1.82, 2.24) is 9.13 Å². The number of hydrogen-bond acceptors (Lipinski definition) is 7. The van der Waals surface area contributed by atoms with Gasteiger partial charge in [-0.3, -0.25) is 9.36 Å². The van der Waals surface area contributed by atoms with Crippen LogP contribution in [0.1, 0.15) is 23.8 Å². The van der Waals surface area contributed by atoms with Crippen LogP contribution in [0.2, 0.25) is 0 Å². The number of hydrogen-bond donors (Lipinski definition) is 1. The average Bonchev–Trinajstić information content (AvgIpc) is 3.34. The fourth-order valence-corrected chi connectivity index (χ4v) is 4.78. The number of aliphatic hydroxyl groups excluding tert-OH is 1. The van der Waals surface area contributed by atoms with Crippen molar-refractivity contribution < 1.29 is 24.1 Å². The largest absolute Gasteiger partial charge is 0.377 e. The van der Waals surface area contributed by atoms with Gasteiger partial charge in [-0.2, -0.15) is 0 Å². The summed E-state index contributed by atoms with van der Waals surface area (Å²) in [7, 11) is 1.47. The van der Waals surface area contributed by atoms with Crippen molar-refractivity contribution in [2.45, 2.75) is 62.9 Å². The summed E-state index contributed by atoms with van der Waals surface area (Å²) in [6, 6.07) is 9.42. The van der Waals surface area contributed by atoms with E-state index in [-0.39, 0.29) is 13.3 Å². The molecule has 6 atom stereocenters. The number of terminal acetylenes is 1. The number of nitrogens with zero attached hydrogens (tertiary/aromatic N) is 2. The molecule has 9 heteroatoms. The molecule has 9 nitrogen and oxygen atoms in total.